The lowest BCUT2D eigenvalue weighted by Gasteiger charge is -2.28. The molecule has 1 aromatic carbocycles. The first kappa shape index (κ1) is 22.1. The molecule has 6 heteroatoms. The van der Waals surface area contributed by atoms with Gasteiger partial charge in [-0.1, -0.05) is 32.4 Å². The Morgan fingerprint density at radius 2 is 1.75 bits per heavy atom. The van der Waals surface area contributed by atoms with Crippen LogP contribution in [0.3, 0.4) is 0 Å². The third kappa shape index (κ3) is 6.75. The Morgan fingerprint density at radius 1 is 1.07 bits per heavy atom. The summed E-state index contributed by atoms with van der Waals surface area (Å²) < 4.78 is 13.2. The molecule has 2 amide bonds. The SMILES string of the molecule is CCC(C)CN(CC(=O)N(Cc1ccc(F)cc1)Cc1ccc(C)s1)C(C)=O. The molecule has 0 aliphatic heterocycles. The number of carbonyl (C=O) groups is 2. The molecule has 1 heterocycles. The number of halogens is 1. The molecular formula is C22H29FN2O2S. The van der Waals surface area contributed by atoms with E-state index in [1.54, 1.807) is 33.3 Å². The standard InChI is InChI=1S/C22H29FN2O2S/c1-5-16(2)12-24(18(4)26)15-22(27)25(14-21-11-6-17(3)28-21)13-19-7-9-20(23)10-8-19/h6-11,16H,5,12-15H2,1-4H3. The smallest absolute Gasteiger partial charge is 0.242 e. The number of thiophene rings is 1. The molecule has 0 fully saturated rings. The lowest BCUT2D eigenvalue weighted by atomic mass is 10.1. The van der Waals surface area contributed by atoms with Gasteiger partial charge >= 0.3 is 0 Å². The fraction of sp³-hybridized carbons (Fsp3) is 0.455. The summed E-state index contributed by atoms with van der Waals surface area (Å²) >= 11 is 1.65. The van der Waals surface area contributed by atoms with Crippen LogP contribution in [-0.4, -0.2) is 34.7 Å². The number of benzene rings is 1. The van der Waals surface area contributed by atoms with Gasteiger partial charge in [-0.2, -0.15) is 0 Å². The monoisotopic (exact) mass is 404 g/mol. The molecule has 0 radical (unpaired) electrons. The van der Waals surface area contributed by atoms with Crippen molar-refractivity contribution in [3.05, 3.63) is 57.5 Å². The van der Waals surface area contributed by atoms with Gasteiger partial charge in [0, 0.05) is 29.8 Å². The summed E-state index contributed by atoms with van der Waals surface area (Å²) in [5, 5.41) is 0. The van der Waals surface area contributed by atoms with E-state index < -0.39 is 0 Å². The zero-order valence-electron chi connectivity index (χ0n) is 17.1. The highest BCUT2D eigenvalue weighted by atomic mass is 32.1. The van der Waals surface area contributed by atoms with Crippen molar-refractivity contribution in [3.8, 4) is 0 Å². The summed E-state index contributed by atoms with van der Waals surface area (Å²) in [7, 11) is 0. The summed E-state index contributed by atoms with van der Waals surface area (Å²) in [4.78, 5) is 30.7. The molecule has 0 aliphatic rings. The van der Waals surface area contributed by atoms with Crippen molar-refractivity contribution in [1.29, 1.82) is 0 Å². The van der Waals surface area contributed by atoms with Crippen LogP contribution in [0.5, 0.6) is 0 Å². The Hall–Kier alpha value is -2.21. The summed E-state index contributed by atoms with van der Waals surface area (Å²) in [6.07, 6.45) is 0.950. The van der Waals surface area contributed by atoms with Crippen molar-refractivity contribution >= 4 is 23.2 Å². The maximum Gasteiger partial charge on any atom is 0.242 e. The molecule has 0 spiro atoms. The Morgan fingerprint density at radius 3 is 2.29 bits per heavy atom. The second-order valence-electron chi connectivity index (χ2n) is 7.30. The molecule has 0 saturated heterocycles. The zero-order valence-corrected chi connectivity index (χ0v) is 17.9. The van der Waals surface area contributed by atoms with Gasteiger partial charge < -0.3 is 9.80 Å². The second kappa shape index (κ2) is 10.4. The number of hydrogen-bond acceptors (Lipinski definition) is 3. The average Bonchev–Trinajstić information content (AvgIpc) is 3.06. The van der Waals surface area contributed by atoms with E-state index in [-0.39, 0.29) is 24.2 Å². The second-order valence-corrected chi connectivity index (χ2v) is 8.67. The van der Waals surface area contributed by atoms with Crippen molar-refractivity contribution in [2.75, 3.05) is 13.1 Å². The van der Waals surface area contributed by atoms with Gasteiger partial charge in [0.05, 0.1) is 13.1 Å². The third-order valence-corrected chi connectivity index (χ3v) is 5.77. The van der Waals surface area contributed by atoms with Crippen LogP contribution >= 0.6 is 11.3 Å². The van der Waals surface area contributed by atoms with Gasteiger partial charge in [0.1, 0.15) is 5.82 Å². The number of aryl methyl sites for hydroxylation is 1. The fourth-order valence-electron chi connectivity index (χ4n) is 2.87. The van der Waals surface area contributed by atoms with Gasteiger partial charge in [-0.05, 0) is 42.7 Å². The minimum Gasteiger partial charge on any atom is -0.333 e. The normalized spacial score (nSPS) is 11.9. The molecule has 152 valence electrons. The van der Waals surface area contributed by atoms with Crippen molar-refractivity contribution in [1.82, 2.24) is 9.80 Å². The molecule has 2 aromatic rings. The van der Waals surface area contributed by atoms with Crippen LogP contribution in [-0.2, 0) is 22.7 Å². The maximum absolute atomic E-state index is 13.2. The Labute approximate surface area is 171 Å². The molecule has 28 heavy (non-hydrogen) atoms. The highest BCUT2D eigenvalue weighted by molar-refractivity contribution is 7.11. The minimum atomic E-state index is -0.299. The number of carbonyl (C=O) groups excluding carboxylic acids is 2. The van der Waals surface area contributed by atoms with Gasteiger partial charge in [0.15, 0.2) is 0 Å². The first-order valence-corrected chi connectivity index (χ1v) is 10.4. The number of amides is 2. The van der Waals surface area contributed by atoms with Gasteiger partial charge in [-0.15, -0.1) is 11.3 Å². The highest BCUT2D eigenvalue weighted by Gasteiger charge is 2.21. The Bertz CT molecular complexity index is 788. The number of nitrogens with zero attached hydrogens (tertiary/aromatic N) is 2. The average molecular weight is 405 g/mol. The first-order valence-electron chi connectivity index (χ1n) is 9.61. The lowest BCUT2D eigenvalue weighted by molar-refractivity contribution is -0.140. The van der Waals surface area contributed by atoms with E-state index >= 15 is 0 Å². The lowest BCUT2D eigenvalue weighted by Crippen LogP contribution is -2.43. The highest BCUT2D eigenvalue weighted by Crippen LogP contribution is 2.19. The minimum absolute atomic E-state index is 0.0607. The Balaban J connectivity index is 2.16. The van der Waals surface area contributed by atoms with Crippen LogP contribution in [0.4, 0.5) is 4.39 Å². The molecular weight excluding hydrogens is 375 g/mol. The van der Waals surface area contributed by atoms with E-state index in [1.807, 2.05) is 19.1 Å². The molecule has 1 aromatic heterocycles. The molecule has 0 N–H and O–H groups in total. The molecule has 2 rings (SSSR count). The number of rotatable bonds is 9. The fourth-order valence-corrected chi connectivity index (χ4v) is 3.78. The summed E-state index contributed by atoms with van der Waals surface area (Å²) in [5.74, 6) is -0.162. The third-order valence-electron chi connectivity index (χ3n) is 4.78. The van der Waals surface area contributed by atoms with E-state index in [0.29, 0.717) is 25.6 Å². The van der Waals surface area contributed by atoms with E-state index in [2.05, 4.69) is 13.8 Å². The van der Waals surface area contributed by atoms with Crippen molar-refractivity contribution in [2.45, 2.75) is 47.2 Å². The van der Waals surface area contributed by atoms with E-state index in [4.69, 9.17) is 0 Å². The number of hydrogen-bond donors (Lipinski definition) is 0. The predicted molar refractivity (Wildman–Crippen MR) is 111 cm³/mol. The summed E-state index contributed by atoms with van der Waals surface area (Å²) in [6.45, 7) is 9.17. The zero-order chi connectivity index (χ0) is 20.7. The molecule has 1 unspecified atom stereocenters. The van der Waals surface area contributed by atoms with Crippen molar-refractivity contribution < 1.29 is 14.0 Å². The van der Waals surface area contributed by atoms with Gasteiger partial charge in [0.25, 0.3) is 0 Å². The van der Waals surface area contributed by atoms with Gasteiger partial charge in [-0.3, -0.25) is 9.59 Å². The maximum atomic E-state index is 13.2. The van der Waals surface area contributed by atoms with Crippen LogP contribution in [0.25, 0.3) is 0 Å². The first-order chi connectivity index (χ1) is 13.3. The Kier molecular flexibility index (Phi) is 8.18. The van der Waals surface area contributed by atoms with Crippen LogP contribution < -0.4 is 0 Å². The van der Waals surface area contributed by atoms with Gasteiger partial charge in [-0.25, -0.2) is 4.39 Å². The summed E-state index contributed by atoms with van der Waals surface area (Å²) in [6, 6.07) is 10.2. The van der Waals surface area contributed by atoms with E-state index in [9.17, 15) is 14.0 Å². The van der Waals surface area contributed by atoms with Crippen LogP contribution in [0.15, 0.2) is 36.4 Å². The molecule has 0 aliphatic carbocycles. The largest absolute Gasteiger partial charge is 0.333 e. The van der Waals surface area contributed by atoms with Crippen molar-refractivity contribution in [3.63, 3.8) is 0 Å². The van der Waals surface area contributed by atoms with Gasteiger partial charge in [0.2, 0.25) is 11.8 Å². The van der Waals surface area contributed by atoms with Crippen LogP contribution in [0.1, 0.15) is 42.5 Å². The van der Waals surface area contributed by atoms with Crippen LogP contribution in [0.2, 0.25) is 0 Å². The predicted octanol–water partition coefficient (Wildman–Crippen LogP) is 4.62. The van der Waals surface area contributed by atoms with Crippen LogP contribution in [0, 0.1) is 18.7 Å². The van der Waals surface area contributed by atoms with E-state index in [1.165, 1.54) is 23.9 Å². The molecule has 0 bridgehead atoms. The van der Waals surface area contributed by atoms with Crippen molar-refractivity contribution in [2.24, 2.45) is 5.92 Å². The molecule has 0 saturated carbocycles. The quantitative estimate of drug-likeness (QED) is 0.612. The topological polar surface area (TPSA) is 40.6 Å². The van der Waals surface area contributed by atoms with E-state index in [0.717, 1.165) is 16.9 Å². The molecule has 1 atom stereocenters. The molecule has 4 nitrogen and oxygen atoms in total. The summed E-state index contributed by atoms with van der Waals surface area (Å²) in [5.41, 5.74) is 0.860.